The summed E-state index contributed by atoms with van der Waals surface area (Å²) in [5.74, 6) is 0. The maximum absolute atomic E-state index is 3.81. The summed E-state index contributed by atoms with van der Waals surface area (Å²) >= 11 is 0. The molecule has 0 aliphatic rings. The molecule has 0 aliphatic heterocycles. The Morgan fingerprint density at radius 1 is 1.20 bits per heavy atom. The zero-order chi connectivity index (χ0) is 15.0. The molecule has 0 aliphatic carbocycles. The van der Waals surface area contributed by atoms with Crippen LogP contribution in [0.3, 0.4) is 0 Å². The van der Waals surface area contributed by atoms with E-state index in [2.05, 4.69) is 63.9 Å². The average molecular weight is 273 g/mol. The van der Waals surface area contributed by atoms with Crippen LogP contribution in [0.2, 0.25) is 0 Å². The van der Waals surface area contributed by atoms with Crippen molar-refractivity contribution in [2.24, 2.45) is 0 Å². The minimum atomic E-state index is 0.230. The Kier molecular flexibility index (Phi) is 7.01. The topological polar surface area (TPSA) is 12.0 Å². The number of unbranched alkanes of at least 4 members (excludes halogenated alkanes) is 1. The molecular formula is C19H31N. The molecule has 1 unspecified atom stereocenters. The third kappa shape index (κ3) is 5.50. The van der Waals surface area contributed by atoms with Gasteiger partial charge in [0.05, 0.1) is 0 Å². The van der Waals surface area contributed by atoms with Gasteiger partial charge in [-0.1, -0.05) is 58.0 Å². The van der Waals surface area contributed by atoms with Gasteiger partial charge < -0.3 is 5.32 Å². The van der Waals surface area contributed by atoms with Gasteiger partial charge in [0.25, 0.3) is 0 Å². The van der Waals surface area contributed by atoms with Crippen LogP contribution in [0.1, 0.15) is 70.5 Å². The molecule has 20 heavy (non-hydrogen) atoms. The molecule has 1 atom stereocenters. The van der Waals surface area contributed by atoms with Crippen molar-refractivity contribution in [1.29, 1.82) is 0 Å². The number of benzene rings is 1. The molecule has 1 aromatic carbocycles. The minimum absolute atomic E-state index is 0.230. The Labute approximate surface area is 125 Å². The lowest BCUT2D eigenvalue weighted by atomic mass is 9.86. The molecule has 0 amide bonds. The van der Waals surface area contributed by atoms with Crippen molar-refractivity contribution < 1.29 is 0 Å². The maximum atomic E-state index is 3.81. The van der Waals surface area contributed by atoms with E-state index in [1.54, 1.807) is 0 Å². The predicted molar refractivity (Wildman–Crippen MR) is 90.2 cm³/mol. The van der Waals surface area contributed by atoms with Crippen LogP contribution >= 0.6 is 0 Å². The fourth-order valence-corrected chi connectivity index (χ4v) is 2.39. The second kappa shape index (κ2) is 8.26. The molecule has 1 aromatic rings. The summed E-state index contributed by atoms with van der Waals surface area (Å²) in [5, 5.41) is 3.67. The summed E-state index contributed by atoms with van der Waals surface area (Å²) < 4.78 is 0. The van der Waals surface area contributed by atoms with E-state index in [1.165, 1.54) is 30.4 Å². The van der Waals surface area contributed by atoms with E-state index in [0.29, 0.717) is 6.04 Å². The molecule has 112 valence electrons. The molecule has 1 N–H and O–H groups in total. The maximum Gasteiger partial charge on any atom is 0.0320 e. The van der Waals surface area contributed by atoms with Crippen molar-refractivity contribution >= 4 is 0 Å². The van der Waals surface area contributed by atoms with E-state index in [1.807, 2.05) is 6.08 Å². The summed E-state index contributed by atoms with van der Waals surface area (Å²) in [5.41, 5.74) is 3.05. The Morgan fingerprint density at radius 2 is 1.85 bits per heavy atom. The van der Waals surface area contributed by atoms with Crippen LogP contribution in [0.4, 0.5) is 0 Å². The summed E-state index contributed by atoms with van der Waals surface area (Å²) in [6.07, 6.45) is 6.68. The summed E-state index contributed by atoms with van der Waals surface area (Å²) in [6, 6.07) is 9.63. The lowest BCUT2D eigenvalue weighted by Gasteiger charge is -2.22. The van der Waals surface area contributed by atoms with Crippen molar-refractivity contribution in [2.45, 2.75) is 64.8 Å². The van der Waals surface area contributed by atoms with Crippen LogP contribution in [-0.4, -0.2) is 6.54 Å². The van der Waals surface area contributed by atoms with Gasteiger partial charge in [-0.3, -0.25) is 0 Å². The molecule has 0 saturated heterocycles. The van der Waals surface area contributed by atoms with Crippen LogP contribution in [0, 0.1) is 0 Å². The second-order valence-electron chi connectivity index (χ2n) is 6.60. The number of allylic oxidation sites excluding steroid dienone is 1. The highest BCUT2D eigenvalue weighted by Gasteiger charge is 2.15. The van der Waals surface area contributed by atoms with Gasteiger partial charge in [0.1, 0.15) is 0 Å². The van der Waals surface area contributed by atoms with Gasteiger partial charge in [-0.25, -0.2) is 0 Å². The first kappa shape index (κ1) is 17.0. The molecule has 1 nitrogen and oxygen atoms in total. The van der Waals surface area contributed by atoms with Gasteiger partial charge in [-0.05, 0) is 48.8 Å². The number of hydrogen-bond donors (Lipinski definition) is 1. The third-order valence-corrected chi connectivity index (χ3v) is 3.72. The normalized spacial score (nSPS) is 13.2. The van der Waals surface area contributed by atoms with E-state index >= 15 is 0 Å². The van der Waals surface area contributed by atoms with Gasteiger partial charge in [0.2, 0.25) is 0 Å². The molecule has 1 rings (SSSR count). The van der Waals surface area contributed by atoms with Crippen LogP contribution in [0.25, 0.3) is 0 Å². The molecule has 0 spiro atoms. The Bertz CT molecular complexity index is 383. The predicted octanol–water partition coefficient (Wildman–Crippen LogP) is 5.38. The minimum Gasteiger partial charge on any atom is -0.310 e. The van der Waals surface area contributed by atoms with Crippen molar-refractivity contribution in [2.75, 3.05) is 6.54 Å². The van der Waals surface area contributed by atoms with Gasteiger partial charge in [0, 0.05) is 6.04 Å². The Balaban J connectivity index is 2.76. The summed E-state index contributed by atoms with van der Waals surface area (Å²) in [4.78, 5) is 0. The average Bonchev–Trinajstić information content (AvgIpc) is 2.42. The molecular weight excluding hydrogens is 242 g/mol. The molecule has 0 aromatic heterocycles. The number of rotatable bonds is 8. The Hall–Kier alpha value is -1.08. The summed E-state index contributed by atoms with van der Waals surface area (Å²) in [6.45, 7) is 13.9. The van der Waals surface area contributed by atoms with E-state index in [4.69, 9.17) is 0 Å². The standard InChI is InChI=1S/C19H31N/c1-6-8-9-10-18(20-15-7-2)16-11-13-17(14-12-16)19(3,4)5/h6,11-14,18,20H,1,7-10,15H2,2-5H3. The molecule has 1 heteroatoms. The quantitative estimate of drug-likeness (QED) is 0.495. The van der Waals surface area contributed by atoms with Crippen molar-refractivity contribution in [3.63, 3.8) is 0 Å². The molecule has 0 radical (unpaired) electrons. The number of hydrogen-bond acceptors (Lipinski definition) is 1. The fraction of sp³-hybridized carbons (Fsp3) is 0.579. The highest BCUT2D eigenvalue weighted by Crippen LogP contribution is 2.25. The first-order chi connectivity index (χ1) is 9.49. The Morgan fingerprint density at radius 3 is 2.35 bits per heavy atom. The van der Waals surface area contributed by atoms with Crippen LogP contribution in [0.15, 0.2) is 36.9 Å². The third-order valence-electron chi connectivity index (χ3n) is 3.72. The largest absolute Gasteiger partial charge is 0.310 e. The van der Waals surface area contributed by atoms with Gasteiger partial charge >= 0.3 is 0 Å². The zero-order valence-corrected chi connectivity index (χ0v) is 13.7. The van der Waals surface area contributed by atoms with Crippen molar-refractivity contribution in [3.8, 4) is 0 Å². The van der Waals surface area contributed by atoms with E-state index in [-0.39, 0.29) is 5.41 Å². The van der Waals surface area contributed by atoms with Gasteiger partial charge in [-0.15, -0.1) is 6.58 Å². The van der Waals surface area contributed by atoms with E-state index in [0.717, 1.165) is 13.0 Å². The molecule has 0 saturated carbocycles. The lowest BCUT2D eigenvalue weighted by Crippen LogP contribution is -2.22. The monoisotopic (exact) mass is 273 g/mol. The van der Waals surface area contributed by atoms with Crippen LogP contribution in [-0.2, 0) is 5.41 Å². The van der Waals surface area contributed by atoms with E-state index in [9.17, 15) is 0 Å². The van der Waals surface area contributed by atoms with Crippen LogP contribution < -0.4 is 5.32 Å². The smallest absolute Gasteiger partial charge is 0.0320 e. The molecule has 0 fully saturated rings. The SMILES string of the molecule is C=CCCCC(NCCC)c1ccc(C(C)(C)C)cc1. The van der Waals surface area contributed by atoms with Gasteiger partial charge in [-0.2, -0.15) is 0 Å². The second-order valence-corrected chi connectivity index (χ2v) is 6.60. The van der Waals surface area contributed by atoms with Crippen molar-refractivity contribution in [1.82, 2.24) is 5.32 Å². The fourth-order valence-electron chi connectivity index (χ4n) is 2.39. The molecule has 0 heterocycles. The van der Waals surface area contributed by atoms with Crippen LogP contribution in [0.5, 0.6) is 0 Å². The zero-order valence-electron chi connectivity index (χ0n) is 13.7. The lowest BCUT2D eigenvalue weighted by molar-refractivity contribution is 0.485. The van der Waals surface area contributed by atoms with Gasteiger partial charge in [0.15, 0.2) is 0 Å². The van der Waals surface area contributed by atoms with E-state index < -0.39 is 0 Å². The highest BCUT2D eigenvalue weighted by molar-refractivity contribution is 5.29. The number of nitrogens with one attached hydrogen (secondary N) is 1. The highest BCUT2D eigenvalue weighted by atomic mass is 14.9. The summed E-state index contributed by atoms with van der Waals surface area (Å²) in [7, 11) is 0. The first-order valence-corrected chi connectivity index (χ1v) is 7.93. The van der Waals surface area contributed by atoms with Crippen molar-refractivity contribution in [3.05, 3.63) is 48.0 Å². The first-order valence-electron chi connectivity index (χ1n) is 7.93. The molecule has 0 bridgehead atoms.